The van der Waals surface area contributed by atoms with Gasteiger partial charge in [0.05, 0.1) is 0 Å². The minimum Gasteiger partial charge on any atom is -0.350 e. The number of benzene rings is 1. The van der Waals surface area contributed by atoms with Gasteiger partial charge in [0.1, 0.15) is 0 Å². The van der Waals surface area contributed by atoms with Gasteiger partial charge in [0.25, 0.3) is 0 Å². The van der Waals surface area contributed by atoms with Crippen molar-refractivity contribution in [2.75, 3.05) is 6.54 Å². The Balaban J connectivity index is 1.39. The number of aromatic nitrogens is 1. The molecular formula is C26H36N2O. The number of hydrogen-bond acceptors (Lipinski definition) is 1. The number of carbonyl (C=O) groups excluding carboxylic acids is 1. The maximum atomic E-state index is 13.4. The van der Waals surface area contributed by atoms with Crippen LogP contribution in [0.5, 0.6) is 0 Å². The average molecular weight is 393 g/mol. The van der Waals surface area contributed by atoms with Crippen molar-refractivity contribution in [1.82, 2.24) is 9.47 Å². The van der Waals surface area contributed by atoms with Gasteiger partial charge in [0.15, 0.2) is 0 Å². The number of amides is 1. The largest absolute Gasteiger partial charge is 0.350 e. The summed E-state index contributed by atoms with van der Waals surface area (Å²) in [5.41, 5.74) is 4.21. The van der Waals surface area contributed by atoms with E-state index in [1.807, 2.05) is 0 Å². The van der Waals surface area contributed by atoms with Crippen LogP contribution in [0.25, 0.3) is 10.9 Å². The normalized spacial score (nSPS) is 28.4. The van der Waals surface area contributed by atoms with Crippen molar-refractivity contribution in [2.45, 2.75) is 83.1 Å². The van der Waals surface area contributed by atoms with Crippen molar-refractivity contribution in [2.24, 2.45) is 18.9 Å². The van der Waals surface area contributed by atoms with Crippen LogP contribution in [0.4, 0.5) is 0 Å². The van der Waals surface area contributed by atoms with Crippen LogP contribution in [-0.4, -0.2) is 28.0 Å². The maximum absolute atomic E-state index is 13.4. The summed E-state index contributed by atoms with van der Waals surface area (Å²) >= 11 is 0. The van der Waals surface area contributed by atoms with Crippen molar-refractivity contribution in [1.29, 1.82) is 0 Å². The lowest BCUT2D eigenvalue weighted by molar-refractivity contribution is -0.138. The second-order valence-electron chi connectivity index (χ2n) is 10.2. The van der Waals surface area contributed by atoms with Gasteiger partial charge in [-0.3, -0.25) is 4.79 Å². The molecule has 156 valence electrons. The quantitative estimate of drug-likeness (QED) is 0.628. The summed E-state index contributed by atoms with van der Waals surface area (Å²) in [7, 11) is 2.15. The van der Waals surface area contributed by atoms with Crippen LogP contribution in [0, 0.1) is 11.8 Å². The van der Waals surface area contributed by atoms with E-state index in [2.05, 4.69) is 54.8 Å². The summed E-state index contributed by atoms with van der Waals surface area (Å²) in [4.78, 5) is 15.7. The van der Waals surface area contributed by atoms with Crippen molar-refractivity contribution >= 4 is 16.8 Å². The zero-order valence-electron chi connectivity index (χ0n) is 18.4. The van der Waals surface area contributed by atoms with Crippen LogP contribution < -0.4 is 0 Å². The smallest absolute Gasteiger partial charge is 0.223 e. The van der Waals surface area contributed by atoms with Crippen LogP contribution in [0.15, 0.2) is 24.4 Å². The number of rotatable bonds is 4. The molecule has 3 nitrogen and oxygen atoms in total. The highest BCUT2D eigenvalue weighted by molar-refractivity contribution is 5.89. The lowest BCUT2D eigenvalue weighted by Gasteiger charge is -2.47. The zero-order valence-corrected chi connectivity index (χ0v) is 18.4. The summed E-state index contributed by atoms with van der Waals surface area (Å²) < 4.78 is 2.26. The Morgan fingerprint density at radius 2 is 1.97 bits per heavy atom. The van der Waals surface area contributed by atoms with Gasteiger partial charge in [-0.1, -0.05) is 38.8 Å². The molecule has 0 N–H and O–H groups in total. The minimum atomic E-state index is 0.271. The third kappa shape index (κ3) is 3.41. The van der Waals surface area contributed by atoms with Gasteiger partial charge in [-0.2, -0.15) is 0 Å². The fourth-order valence-electron chi connectivity index (χ4n) is 6.40. The fourth-order valence-corrected chi connectivity index (χ4v) is 6.40. The van der Waals surface area contributed by atoms with E-state index in [0.29, 0.717) is 18.4 Å². The van der Waals surface area contributed by atoms with Crippen LogP contribution >= 0.6 is 0 Å². The van der Waals surface area contributed by atoms with Crippen LogP contribution in [0.3, 0.4) is 0 Å². The fraction of sp³-hybridized carbons (Fsp3) is 0.654. The molecule has 1 aromatic heterocycles. The van der Waals surface area contributed by atoms with E-state index in [0.717, 1.165) is 24.3 Å². The molecule has 0 radical (unpaired) electrons. The molecule has 0 bridgehead atoms. The molecule has 4 unspecified atom stereocenters. The zero-order chi connectivity index (χ0) is 20.1. The first kappa shape index (κ1) is 19.2. The third-order valence-corrected chi connectivity index (χ3v) is 8.15. The SMILES string of the molecule is CC(CC(=O)N1CCCC2C(C)CCCC21)c1cn(C)c2cccc(C3CC3)c12. The molecule has 3 aliphatic rings. The Morgan fingerprint density at radius 1 is 1.14 bits per heavy atom. The van der Waals surface area contributed by atoms with Gasteiger partial charge in [0, 0.05) is 43.2 Å². The molecule has 2 heterocycles. The molecular weight excluding hydrogens is 356 g/mol. The van der Waals surface area contributed by atoms with E-state index < -0.39 is 0 Å². The van der Waals surface area contributed by atoms with Gasteiger partial charge in [-0.05, 0) is 73.0 Å². The van der Waals surface area contributed by atoms with Gasteiger partial charge in [-0.25, -0.2) is 0 Å². The topological polar surface area (TPSA) is 25.2 Å². The van der Waals surface area contributed by atoms with Gasteiger partial charge in [-0.15, -0.1) is 0 Å². The number of piperidine rings is 1. The predicted octanol–water partition coefficient (Wildman–Crippen LogP) is 5.98. The number of nitrogens with zero attached hydrogens (tertiary/aromatic N) is 2. The Morgan fingerprint density at radius 3 is 2.76 bits per heavy atom. The molecule has 4 atom stereocenters. The Hall–Kier alpha value is -1.77. The van der Waals surface area contributed by atoms with E-state index in [1.54, 1.807) is 0 Å². The lowest BCUT2D eigenvalue weighted by atomic mass is 9.72. The summed E-state index contributed by atoms with van der Waals surface area (Å²) in [6, 6.07) is 7.25. The minimum absolute atomic E-state index is 0.271. The second-order valence-corrected chi connectivity index (χ2v) is 10.2. The highest BCUT2D eigenvalue weighted by Crippen LogP contribution is 2.46. The summed E-state index contributed by atoms with van der Waals surface area (Å²) in [6.07, 6.45) is 11.9. The van der Waals surface area contributed by atoms with Crippen LogP contribution in [-0.2, 0) is 11.8 Å². The van der Waals surface area contributed by atoms with E-state index in [1.165, 1.54) is 67.0 Å². The lowest BCUT2D eigenvalue weighted by Crippen LogP contribution is -2.51. The summed E-state index contributed by atoms with van der Waals surface area (Å²) in [5.74, 6) is 2.90. The Labute approximate surface area is 175 Å². The molecule has 1 saturated heterocycles. The first-order valence-electron chi connectivity index (χ1n) is 11.9. The number of carbonyl (C=O) groups is 1. The van der Waals surface area contributed by atoms with E-state index in [9.17, 15) is 4.79 Å². The van der Waals surface area contributed by atoms with Crippen molar-refractivity contribution in [3.8, 4) is 0 Å². The molecule has 2 aliphatic carbocycles. The Kier molecular flexibility index (Phi) is 4.96. The predicted molar refractivity (Wildman–Crippen MR) is 119 cm³/mol. The molecule has 0 spiro atoms. The molecule has 3 heteroatoms. The van der Waals surface area contributed by atoms with E-state index in [4.69, 9.17) is 0 Å². The molecule has 1 aromatic carbocycles. The number of aryl methyl sites for hydroxylation is 1. The monoisotopic (exact) mass is 392 g/mol. The van der Waals surface area contributed by atoms with Gasteiger partial charge in [0.2, 0.25) is 5.91 Å². The van der Waals surface area contributed by atoms with Gasteiger partial charge < -0.3 is 9.47 Å². The molecule has 3 fully saturated rings. The highest BCUT2D eigenvalue weighted by atomic mass is 16.2. The summed E-state index contributed by atoms with van der Waals surface area (Å²) in [5, 5.41) is 1.43. The third-order valence-electron chi connectivity index (χ3n) is 8.15. The standard InChI is InChI=1S/C26H36N2O/c1-17-7-4-10-23-20(17)9-6-14-28(23)25(29)15-18(2)22-16-27(3)24-11-5-8-21(26(22)24)19-12-13-19/h5,8,11,16-20,23H,4,6-7,9-10,12-15H2,1-3H3. The van der Waals surface area contributed by atoms with Gasteiger partial charge >= 0.3 is 0 Å². The molecule has 1 aliphatic heterocycles. The van der Waals surface area contributed by atoms with Crippen molar-refractivity contribution in [3.63, 3.8) is 0 Å². The molecule has 2 saturated carbocycles. The summed E-state index contributed by atoms with van der Waals surface area (Å²) in [6.45, 7) is 5.65. The molecule has 1 amide bonds. The average Bonchev–Trinajstić information content (AvgIpc) is 3.51. The first-order valence-corrected chi connectivity index (χ1v) is 11.9. The number of likely N-dealkylation sites (tertiary alicyclic amines) is 1. The van der Waals surface area contributed by atoms with Crippen molar-refractivity contribution in [3.05, 3.63) is 35.5 Å². The van der Waals surface area contributed by atoms with E-state index in [-0.39, 0.29) is 5.92 Å². The molecule has 2 aromatic rings. The first-order chi connectivity index (χ1) is 14.0. The maximum Gasteiger partial charge on any atom is 0.223 e. The van der Waals surface area contributed by atoms with Crippen molar-refractivity contribution < 1.29 is 4.79 Å². The highest BCUT2D eigenvalue weighted by Gasteiger charge is 2.39. The number of hydrogen-bond donors (Lipinski definition) is 0. The van der Waals surface area contributed by atoms with Crippen LogP contribution in [0.2, 0.25) is 0 Å². The molecule has 29 heavy (non-hydrogen) atoms. The molecule has 5 rings (SSSR count). The van der Waals surface area contributed by atoms with E-state index >= 15 is 0 Å². The van der Waals surface area contributed by atoms with Crippen LogP contribution in [0.1, 0.15) is 88.2 Å². The number of fused-ring (bicyclic) bond motifs is 2. The Bertz CT molecular complexity index is 909. The second kappa shape index (κ2) is 7.49.